The number of amides is 1. The molecular formula is C13H15FN2O5. The molecule has 1 aromatic rings. The van der Waals surface area contributed by atoms with Crippen molar-refractivity contribution in [3.63, 3.8) is 0 Å². The van der Waals surface area contributed by atoms with E-state index in [1.165, 1.54) is 0 Å². The lowest BCUT2D eigenvalue weighted by Gasteiger charge is -2.27. The third kappa shape index (κ3) is 3.98. The van der Waals surface area contributed by atoms with Crippen LogP contribution in [0.15, 0.2) is 18.2 Å². The van der Waals surface area contributed by atoms with Crippen molar-refractivity contribution in [1.29, 1.82) is 0 Å². The predicted molar refractivity (Wildman–Crippen MR) is 71.4 cm³/mol. The van der Waals surface area contributed by atoms with Gasteiger partial charge in [0.1, 0.15) is 17.4 Å². The number of nitro benzene ring substituents is 1. The molecule has 1 unspecified atom stereocenters. The minimum atomic E-state index is -1.28. The molecule has 1 rings (SSSR count). The van der Waals surface area contributed by atoms with Crippen molar-refractivity contribution < 1.29 is 24.0 Å². The molecule has 1 aromatic carbocycles. The van der Waals surface area contributed by atoms with E-state index in [0.717, 1.165) is 12.1 Å². The van der Waals surface area contributed by atoms with Crippen LogP contribution in [0.1, 0.15) is 31.1 Å². The molecule has 21 heavy (non-hydrogen) atoms. The molecule has 0 spiro atoms. The first-order valence-corrected chi connectivity index (χ1v) is 6.01. The Bertz CT molecular complexity index is 595. The monoisotopic (exact) mass is 298 g/mol. The fourth-order valence-electron chi connectivity index (χ4n) is 1.71. The van der Waals surface area contributed by atoms with Crippen molar-refractivity contribution in [3.8, 4) is 0 Å². The summed E-state index contributed by atoms with van der Waals surface area (Å²) in [5.74, 6) is -3.12. The number of carbonyl (C=O) groups excluding carboxylic acids is 1. The quantitative estimate of drug-likeness (QED) is 0.652. The average Bonchev–Trinajstić information content (AvgIpc) is 2.33. The highest BCUT2D eigenvalue weighted by molar-refractivity contribution is 6.00. The second kappa shape index (κ2) is 5.86. The van der Waals surface area contributed by atoms with Gasteiger partial charge >= 0.3 is 5.97 Å². The van der Waals surface area contributed by atoms with Crippen molar-refractivity contribution in [1.82, 2.24) is 5.32 Å². The normalized spacial score (nSPS) is 12.6. The Morgan fingerprint density at radius 2 is 1.95 bits per heavy atom. The maximum atomic E-state index is 13.2. The van der Waals surface area contributed by atoms with Crippen LogP contribution in [-0.4, -0.2) is 27.9 Å². The van der Waals surface area contributed by atoms with Gasteiger partial charge in [0, 0.05) is 6.07 Å². The molecule has 1 atom stereocenters. The summed E-state index contributed by atoms with van der Waals surface area (Å²) < 4.78 is 13.2. The van der Waals surface area contributed by atoms with Gasteiger partial charge in [0.15, 0.2) is 0 Å². The predicted octanol–water partition coefficient (Wildman–Crippen LogP) is 1.96. The van der Waals surface area contributed by atoms with Gasteiger partial charge in [-0.1, -0.05) is 20.8 Å². The first kappa shape index (κ1) is 16.5. The van der Waals surface area contributed by atoms with Gasteiger partial charge in [-0.15, -0.1) is 0 Å². The molecule has 8 heteroatoms. The summed E-state index contributed by atoms with van der Waals surface area (Å²) in [5.41, 5.74) is -1.92. The molecule has 2 N–H and O–H groups in total. The number of rotatable bonds is 4. The summed E-state index contributed by atoms with van der Waals surface area (Å²) in [6.07, 6.45) is 0. The lowest BCUT2D eigenvalue weighted by molar-refractivity contribution is -0.385. The summed E-state index contributed by atoms with van der Waals surface area (Å²) in [6, 6.07) is 1.15. The highest BCUT2D eigenvalue weighted by atomic mass is 19.1. The zero-order chi connectivity index (χ0) is 16.4. The Balaban J connectivity index is 3.17. The number of carboxylic acid groups (broad SMARTS) is 1. The van der Waals surface area contributed by atoms with E-state index in [0.29, 0.717) is 6.07 Å². The molecule has 0 saturated carbocycles. The number of hydrogen-bond acceptors (Lipinski definition) is 4. The number of nitro groups is 1. The van der Waals surface area contributed by atoms with Crippen molar-refractivity contribution in [2.45, 2.75) is 26.8 Å². The van der Waals surface area contributed by atoms with E-state index in [-0.39, 0.29) is 0 Å². The third-order valence-corrected chi connectivity index (χ3v) is 2.79. The Morgan fingerprint density at radius 3 is 2.38 bits per heavy atom. The molecule has 0 bridgehead atoms. The van der Waals surface area contributed by atoms with Crippen molar-refractivity contribution in [2.75, 3.05) is 0 Å². The van der Waals surface area contributed by atoms with E-state index in [9.17, 15) is 24.1 Å². The Morgan fingerprint density at radius 1 is 1.38 bits per heavy atom. The largest absolute Gasteiger partial charge is 0.480 e. The van der Waals surface area contributed by atoms with Crippen LogP contribution in [-0.2, 0) is 4.79 Å². The molecule has 0 aromatic heterocycles. The second-order valence-electron chi connectivity index (χ2n) is 5.53. The smallest absolute Gasteiger partial charge is 0.326 e. The highest BCUT2D eigenvalue weighted by Crippen LogP contribution is 2.23. The fraction of sp³-hybridized carbons (Fsp3) is 0.385. The molecule has 0 saturated heterocycles. The lowest BCUT2D eigenvalue weighted by atomic mass is 9.86. The van der Waals surface area contributed by atoms with Crippen LogP contribution in [0, 0.1) is 21.3 Å². The summed E-state index contributed by atoms with van der Waals surface area (Å²) in [4.78, 5) is 33.2. The van der Waals surface area contributed by atoms with Gasteiger partial charge in [-0.2, -0.15) is 0 Å². The number of carboxylic acids is 1. The highest BCUT2D eigenvalue weighted by Gasteiger charge is 2.34. The number of hydrogen-bond donors (Lipinski definition) is 2. The van der Waals surface area contributed by atoms with Crippen molar-refractivity contribution in [2.24, 2.45) is 5.41 Å². The summed E-state index contributed by atoms with van der Waals surface area (Å²) in [7, 11) is 0. The van der Waals surface area contributed by atoms with Crippen LogP contribution in [0.25, 0.3) is 0 Å². The van der Waals surface area contributed by atoms with Gasteiger partial charge in [-0.25, -0.2) is 9.18 Å². The molecule has 0 aliphatic heterocycles. The Hall–Kier alpha value is -2.51. The van der Waals surface area contributed by atoms with Gasteiger partial charge in [-0.3, -0.25) is 14.9 Å². The summed E-state index contributed by atoms with van der Waals surface area (Å²) in [5, 5.41) is 22.1. The van der Waals surface area contributed by atoms with Crippen LogP contribution >= 0.6 is 0 Å². The molecule has 1 amide bonds. The zero-order valence-electron chi connectivity index (χ0n) is 11.7. The Kier molecular flexibility index (Phi) is 4.62. The van der Waals surface area contributed by atoms with Crippen molar-refractivity contribution in [3.05, 3.63) is 39.7 Å². The van der Waals surface area contributed by atoms with Crippen LogP contribution in [0.4, 0.5) is 10.1 Å². The molecule has 7 nitrogen and oxygen atoms in total. The van der Waals surface area contributed by atoms with Crippen molar-refractivity contribution >= 4 is 17.6 Å². The average molecular weight is 298 g/mol. The Labute approximate surface area is 119 Å². The summed E-state index contributed by atoms with van der Waals surface area (Å²) in [6.45, 7) is 4.77. The second-order valence-corrected chi connectivity index (χ2v) is 5.53. The number of halogens is 1. The van der Waals surface area contributed by atoms with Gasteiger partial charge in [-0.05, 0) is 17.5 Å². The molecule has 0 heterocycles. The number of aliphatic carboxylic acids is 1. The maximum absolute atomic E-state index is 13.2. The minimum absolute atomic E-state index is 0.518. The van der Waals surface area contributed by atoms with Crippen LogP contribution < -0.4 is 5.32 Å². The van der Waals surface area contributed by atoms with Gasteiger partial charge < -0.3 is 10.4 Å². The van der Waals surface area contributed by atoms with E-state index in [1.54, 1.807) is 20.8 Å². The molecular weight excluding hydrogens is 283 g/mol. The first-order valence-electron chi connectivity index (χ1n) is 6.01. The molecule has 0 fully saturated rings. The van der Waals surface area contributed by atoms with Crippen LogP contribution in [0.5, 0.6) is 0 Å². The lowest BCUT2D eigenvalue weighted by Crippen LogP contribution is -2.49. The third-order valence-electron chi connectivity index (χ3n) is 2.79. The first-order chi connectivity index (χ1) is 9.54. The van der Waals surface area contributed by atoms with Crippen LogP contribution in [0.3, 0.4) is 0 Å². The number of nitrogens with zero attached hydrogens (tertiary/aromatic N) is 1. The van der Waals surface area contributed by atoms with E-state index in [2.05, 4.69) is 5.32 Å². The zero-order valence-corrected chi connectivity index (χ0v) is 11.7. The van der Waals surface area contributed by atoms with Crippen LogP contribution in [0.2, 0.25) is 0 Å². The molecule has 0 aliphatic rings. The van der Waals surface area contributed by atoms with Gasteiger partial charge in [0.2, 0.25) is 0 Å². The van der Waals surface area contributed by atoms with E-state index in [1.807, 2.05) is 0 Å². The SMILES string of the molecule is CC(C)(C)C(NC(=O)c1cc(F)ccc1[N+](=O)[O-])C(=O)O. The van der Waals surface area contributed by atoms with E-state index in [4.69, 9.17) is 5.11 Å². The van der Waals surface area contributed by atoms with Gasteiger partial charge in [0.05, 0.1) is 4.92 Å². The molecule has 0 radical (unpaired) electrons. The number of benzene rings is 1. The standard InChI is InChI=1S/C13H15FN2O5/c1-13(2,3)10(12(18)19)15-11(17)8-6-7(14)4-5-9(8)16(20)21/h4-6,10H,1-3H3,(H,15,17)(H,18,19). The minimum Gasteiger partial charge on any atom is -0.480 e. The fourth-order valence-corrected chi connectivity index (χ4v) is 1.71. The number of carbonyl (C=O) groups is 2. The summed E-state index contributed by atoms with van der Waals surface area (Å²) >= 11 is 0. The van der Waals surface area contributed by atoms with E-state index < -0.39 is 45.3 Å². The molecule has 114 valence electrons. The maximum Gasteiger partial charge on any atom is 0.326 e. The van der Waals surface area contributed by atoms with Gasteiger partial charge in [0.25, 0.3) is 11.6 Å². The molecule has 0 aliphatic carbocycles. The topological polar surface area (TPSA) is 110 Å². The van der Waals surface area contributed by atoms with E-state index >= 15 is 0 Å². The number of nitrogens with one attached hydrogen (secondary N) is 1.